The highest BCUT2D eigenvalue weighted by Crippen LogP contribution is 2.49. The number of rotatable bonds is 9. The average molecular weight is 933 g/mol. The molecule has 0 aromatic heterocycles. The third-order valence-electron chi connectivity index (χ3n) is 15.0. The molecule has 0 saturated carbocycles. The molecular formula is C69H72O2. The zero-order valence-corrected chi connectivity index (χ0v) is 44.1. The van der Waals surface area contributed by atoms with Crippen molar-refractivity contribution in [2.24, 2.45) is 0 Å². The maximum Gasteiger partial charge on any atom is 0.141 e. The Morgan fingerprint density at radius 3 is 1.01 bits per heavy atom. The van der Waals surface area contributed by atoms with Gasteiger partial charge in [0.15, 0.2) is 0 Å². The summed E-state index contributed by atoms with van der Waals surface area (Å²) in [6.45, 7) is 26.7. The van der Waals surface area contributed by atoms with Gasteiger partial charge in [0.2, 0.25) is 0 Å². The molecule has 0 bridgehead atoms. The Bertz CT molecular complexity index is 3220. The lowest BCUT2D eigenvalue weighted by molar-refractivity contribution is 0.121. The van der Waals surface area contributed by atoms with Crippen LogP contribution in [0.2, 0.25) is 0 Å². The third-order valence-corrected chi connectivity index (χ3v) is 15.0. The SMILES string of the molecule is CC(C)(C)c1ccc(C(O)(c2ccc(C(C)(C)C)cc2)c2cc(-c3cccc4ccccc34)c(C(O)(c3ccc(C(C)(C)C)cc3)c3ccc(C(C)(C)C)cc3)cc2Cc2cccc3ccccc23)cc1. The summed E-state index contributed by atoms with van der Waals surface area (Å²) >= 11 is 0. The number of hydrogen-bond acceptors (Lipinski definition) is 2. The van der Waals surface area contributed by atoms with E-state index in [4.69, 9.17) is 0 Å². The van der Waals surface area contributed by atoms with Gasteiger partial charge < -0.3 is 10.2 Å². The molecule has 0 unspecified atom stereocenters. The standard InChI is InChI=1S/C69H72O2/c1-64(2,3)50-27-35-54(36-28-50)68(70,55-37-29-51(30-38-55)65(4,5)6)62-45-61(60-26-18-22-47-20-14-16-25-59(47)60)63(44-49(62)43-48-23-17-21-46-19-13-15-24-58(46)48)69(71,56-39-31-52(32-40-56)66(7,8)9)57-41-33-53(34-42-57)67(10,11)12/h13-42,44-45,70-71H,43H2,1-12H3. The highest BCUT2D eigenvalue weighted by Gasteiger charge is 2.42. The summed E-state index contributed by atoms with van der Waals surface area (Å²) in [5, 5.41) is 33.4. The van der Waals surface area contributed by atoms with Gasteiger partial charge in [-0.2, -0.15) is 0 Å². The Labute approximate surface area is 424 Å². The van der Waals surface area contributed by atoms with Crippen molar-refractivity contribution in [1.29, 1.82) is 0 Å². The fraction of sp³-hybridized carbons (Fsp3) is 0.275. The zero-order chi connectivity index (χ0) is 50.7. The van der Waals surface area contributed by atoms with Crippen molar-refractivity contribution in [3.63, 3.8) is 0 Å². The van der Waals surface area contributed by atoms with Gasteiger partial charge >= 0.3 is 0 Å². The van der Waals surface area contributed by atoms with Crippen LogP contribution in [0.4, 0.5) is 0 Å². The average Bonchev–Trinajstić information content (AvgIpc) is 3.35. The summed E-state index contributed by atoms with van der Waals surface area (Å²) in [4.78, 5) is 0. The predicted molar refractivity (Wildman–Crippen MR) is 301 cm³/mol. The van der Waals surface area contributed by atoms with Crippen LogP contribution in [-0.4, -0.2) is 10.2 Å². The zero-order valence-electron chi connectivity index (χ0n) is 44.1. The highest BCUT2D eigenvalue weighted by atomic mass is 16.3. The normalized spacial score (nSPS) is 13.0. The molecule has 0 spiro atoms. The Kier molecular flexibility index (Phi) is 12.7. The maximum atomic E-state index is 14.5. The fourth-order valence-electron chi connectivity index (χ4n) is 10.6. The number of benzene rings is 9. The van der Waals surface area contributed by atoms with Gasteiger partial charge in [0.05, 0.1) is 0 Å². The van der Waals surface area contributed by atoms with Crippen LogP contribution in [0.1, 0.15) is 150 Å². The van der Waals surface area contributed by atoms with Crippen molar-refractivity contribution in [2.45, 2.75) is 122 Å². The van der Waals surface area contributed by atoms with Crippen molar-refractivity contribution in [2.75, 3.05) is 0 Å². The first-order valence-corrected chi connectivity index (χ1v) is 25.5. The molecule has 0 fully saturated rings. The van der Waals surface area contributed by atoms with E-state index >= 15 is 0 Å². The molecule has 9 rings (SSSR count). The van der Waals surface area contributed by atoms with E-state index in [1.165, 1.54) is 22.3 Å². The predicted octanol–water partition coefficient (Wildman–Crippen LogP) is 17.0. The second kappa shape index (κ2) is 18.2. The molecule has 0 aliphatic carbocycles. The van der Waals surface area contributed by atoms with Gasteiger partial charge in [0, 0.05) is 5.56 Å². The number of fused-ring (bicyclic) bond motifs is 2. The lowest BCUT2D eigenvalue weighted by atomic mass is 9.70. The Morgan fingerprint density at radius 1 is 0.282 bits per heavy atom. The molecule has 0 aliphatic rings. The maximum absolute atomic E-state index is 14.5. The van der Waals surface area contributed by atoms with Crippen molar-refractivity contribution >= 4 is 21.5 Å². The highest BCUT2D eigenvalue weighted by molar-refractivity contribution is 5.98. The molecule has 9 aromatic carbocycles. The minimum atomic E-state index is -1.65. The second-order valence-electron chi connectivity index (χ2n) is 24.1. The van der Waals surface area contributed by atoms with E-state index in [1.807, 2.05) is 0 Å². The van der Waals surface area contributed by atoms with Crippen LogP contribution in [0.5, 0.6) is 0 Å². The minimum absolute atomic E-state index is 0.0890. The fourth-order valence-corrected chi connectivity index (χ4v) is 10.6. The molecule has 9 aromatic rings. The summed E-state index contributed by atoms with van der Waals surface area (Å²) in [6, 6.07) is 68.8. The van der Waals surface area contributed by atoms with Gasteiger partial charge in [-0.15, -0.1) is 0 Å². The summed E-state index contributed by atoms with van der Waals surface area (Å²) in [5.41, 5.74) is 9.57. The summed E-state index contributed by atoms with van der Waals surface area (Å²) in [6.07, 6.45) is 0.490. The molecule has 0 atom stereocenters. The van der Waals surface area contributed by atoms with E-state index in [0.717, 1.165) is 77.2 Å². The van der Waals surface area contributed by atoms with Gasteiger partial charge in [0.25, 0.3) is 0 Å². The van der Waals surface area contributed by atoms with Crippen LogP contribution in [0.15, 0.2) is 194 Å². The van der Waals surface area contributed by atoms with Gasteiger partial charge in [0.1, 0.15) is 11.2 Å². The van der Waals surface area contributed by atoms with Crippen LogP contribution in [0.25, 0.3) is 32.7 Å². The molecular weight excluding hydrogens is 861 g/mol. The molecule has 360 valence electrons. The van der Waals surface area contributed by atoms with E-state index in [2.05, 4.69) is 277 Å². The van der Waals surface area contributed by atoms with Gasteiger partial charge in [-0.25, -0.2) is 0 Å². The van der Waals surface area contributed by atoms with E-state index in [9.17, 15) is 10.2 Å². The van der Waals surface area contributed by atoms with Crippen LogP contribution in [0, 0.1) is 0 Å². The molecule has 0 amide bonds. The monoisotopic (exact) mass is 933 g/mol. The summed E-state index contributed by atoms with van der Waals surface area (Å²) < 4.78 is 0. The molecule has 0 heterocycles. The molecule has 2 N–H and O–H groups in total. The molecule has 71 heavy (non-hydrogen) atoms. The first-order chi connectivity index (χ1) is 33.5. The third kappa shape index (κ3) is 9.41. The van der Waals surface area contributed by atoms with Crippen LogP contribution < -0.4 is 0 Å². The Morgan fingerprint density at radius 2 is 0.606 bits per heavy atom. The number of hydrogen-bond donors (Lipinski definition) is 2. The van der Waals surface area contributed by atoms with Gasteiger partial charge in [-0.3, -0.25) is 0 Å². The van der Waals surface area contributed by atoms with Crippen molar-refractivity contribution in [3.8, 4) is 11.1 Å². The lowest BCUT2D eigenvalue weighted by Crippen LogP contribution is -2.33. The molecule has 0 aliphatic heterocycles. The molecule has 0 saturated heterocycles. The summed E-state index contributed by atoms with van der Waals surface area (Å²) in [7, 11) is 0. The second-order valence-corrected chi connectivity index (χ2v) is 24.1. The number of aliphatic hydroxyl groups is 2. The van der Waals surface area contributed by atoms with Crippen LogP contribution in [0.3, 0.4) is 0 Å². The summed E-state index contributed by atoms with van der Waals surface area (Å²) in [5.74, 6) is 0. The van der Waals surface area contributed by atoms with Gasteiger partial charge in [-0.05, 0) is 128 Å². The van der Waals surface area contributed by atoms with Crippen molar-refractivity contribution in [3.05, 3.63) is 261 Å². The first kappa shape index (κ1) is 49.4. The lowest BCUT2D eigenvalue weighted by Gasteiger charge is -2.37. The quantitative estimate of drug-likeness (QED) is 0.142. The molecule has 2 nitrogen and oxygen atoms in total. The van der Waals surface area contributed by atoms with E-state index in [1.54, 1.807) is 0 Å². The molecule has 0 radical (unpaired) electrons. The topological polar surface area (TPSA) is 40.5 Å². The largest absolute Gasteiger partial charge is 0.376 e. The van der Waals surface area contributed by atoms with Crippen molar-refractivity contribution < 1.29 is 10.2 Å². The van der Waals surface area contributed by atoms with Gasteiger partial charge in [-0.1, -0.05) is 271 Å². The van der Waals surface area contributed by atoms with E-state index in [-0.39, 0.29) is 21.7 Å². The van der Waals surface area contributed by atoms with Crippen molar-refractivity contribution in [1.82, 2.24) is 0 Å². The van der Waals surface area contributed by atoms with E-state index < -0.39 is 11.2 Å². The Hall–Kier alpha value is -6.58. The Balaban J connectivity index is 1.46. The van der Waals surface area contributed by atoms with Crippen LogP contribution in [-0.2, 0) is 39.3 Å². The smallest absolute Gasteiger partial charge is 0.141 e. The minimum Gasteiger partial charge on any atom is -0.376 e. The van der Waals surface area contributed by atoms with Crippen LogP contribution >= 0.6 is 0 Å². The first-order valence-electron chi connectivity index (χ1n) is 25.5. The molecule has 2 heteroatoms. The van der Waals surface area contributed by atoms with E-state index in [0.29, 0.717) is 6.42 Å².